The second-order valence-electron chi connectivity index (χ2n) is 5.50. The van der Waals surface area contributed by atoms with Gasteiger partial charge in [-0.25, -0.2) is 4.98 Å². The lowest BCUT2D eigenvalue weighted by Crippen LogP contribution is -2.28. The summed E-state index contributed by atoms with van der Waals surface area (Å²) < 4.78 is 7.68. The fourth-order valence-corrected chi connectivity index (χ4v) is 2.89. The number of para-hydroxylation sites is 1. The van der Waals surface area contributed by atoms with Crippen LogP contribution in [0.2, 0.25) is 0 Å². The zero-order valence-electron chi connectivity index (χ0n) is 12.7. The third kappa shape index (κ3) is 1.99. The summed E-state index contributed by atoms with van der Waals surface area (Å²) in [6, 6.07) is 8.18. The number of anilines is 1. The summed E-state index contributed by atoms with van der Waals surface area (Å²) in [5, 5.41) is 4.34. The molecule has 0 saturated heterocycles. The first-order valence-corrected chi connectivity index (χ1v) is 7.36. The van der Waals surface area contributed by atoms with Gasteiger partial charge in [-0.3, -0.25) is 0 Å². The maximum Gasteiger partial charge on any atom is 0.254 e. The molecule has 0 bridgehead atoms. The molecule has 1 aliphatic heterocycles. The number of aryl methyl sites for hydroxylation is 1. The lowest BCUT2D eigenvalue weighted by Gasteiger charge is -2.24. The van der Waals surface area contributed by atoms with E-state index in [-0.39, 0.29) is 0 Å². The van der Waals surface area contributed by atoms with Crippen molar-refractivity contribution in [3.8, 4) is 5.75 Å². The van der Waals surface area contributed by atoms with Gasteiger partial charge in [0.25, 0.3) is 5.78 Å². The van der Waals surface area contributed by atoms with Crippen molar-refractivity contribution in [2.75, 3.05) is 18.1 Å². The minimum absolute atomic E-state index is 0.636. The molecule has 4 rings (SSSR count). The summed E-state index contributed by atoms with van der Waals surface area (Å²) in [4.78, 5) is 11.0. The molecule has 0 N–H and O–H groups in total. The Morgan fingerprint density at radius 1 is 1.18 bits per heavy atom. The second-order valence-corrected chi connectivity index (χ2v) is 5.50. The zero-order valence-corrected chi connectivity index (χ0v) is 12.7. The second kappa shape index (κ2) is 4.98. The normalized spacial score (nSPS) is 14.5. The van der Waals surface area contributed by atoms with Crippen LogP contribution < -0.4 is 9.64 Å². The summed E-state index contributed by atoms with van der Waals surface area (Å²) in [5.74, 6) is 2.64. The Hall–Kier alpha value is -2.63. The largest absolute Gasteiger partial charge is 0.491 e. The molecule has 0 atom stereocenters. The molecule has 6 nitrogen and oxygen atoms in total. The highest BCUT2D eigenvalue weighted by molar-refractivity contribution is 5.55. The Morgan fingerprint density at radius 2 is 2.05 bits per heavy atom. The molecule has 3 heterocycles. The van der Waals surface area contributed by atoms with Crippen LogP contribution in [0, 0.1) is 13.8 Å². The summed E-state index contributed by atoms with van der Waals surface area (Å²) in [6.07, 6.45) is 1.55. The van der Waals surface area contributed by atoms with E-state index in [0.717, 1.165) is 35.9 Å². The van der Waals surface area contributed by atoms with E-state index in [1.54, 1.807) is 6.33 Å². The lowest BCUT2D eigenvalue weighted by molar-refractivity contribution is 0.331. The van der Waals surface area contributed by atoms with Gasteiger partial charge >= 0.3 is 0 Å². The Labute approximate surface area is 128 Å². The van der Waals surface area contributed by atoms with Crippen molar-refractivity contribution in [2.45, 2.75) is 20.4 Å². The van der Waals surface area contributed by atoms with Crippen molar-refractivity contribution in [1.82, 2.24) is 19.6 Å². The van der Waals surface area contributed by atoms with Gasteiger partial charge in [0.15, 0.2) is 0 Å². The fraction of sp³-hybridized carbons (Fsp3) is 0.312. The first-order valence-electron chi connectivity index (χ1n) is 7.36. The van der Waals surface area contributed by atoms with Gasteiger partial charge in [-0.1, -0.05) is 18.2 Å². The van der Waals surface area contributed by atoms with Gasteiger partial charge < -0.3 is 9.64 Å². The quantitative estimate of drug-likeness (QED) is 0.688. The molecule has 112 valence electrons. The van der Waals surface area contributed by atoms with Gasteiger partial charge in [-0.05, 0) is 19.9 Å². The molecule has 0 aliphatic carbocycles. The van der Waals surface area contributed by atoms with E-state index >= 15 is 0 Å². The highest BCUT2D eigenvalue weighted by atomic mass is 16.5. The van der Waals surface area contributed by atoms with E-state index in [1.165, 1.54) is 5.56 Å². The molecular formula is C16H17N5O. The number of aromatic nitrogens is 4. The van der Waals surface area contributed by atoms with Crippen molar-refractivity contribution < 1.29 is 4.74 Å². The highest BCUT2D eigenvalue weighted by Crippen LogP contribution is 2.28. The Kier molecular flexibility index (Phi) is 2.96. The van der Waals surface area contributed by atoms with Gasteiger partial charge in [0.05, 0.1) is 6.54 Å². The smallest absolute Gasteiger partial charge is 0.254 e. The monoisotopic (exact) mass is 295 g/mol. The van der Waals surface area contributed by atoms with Crippen molar-refractivity contribution in [3.63, 3.8) is 0 Å². The number of hydrogen-bond donors (Lipinski definition) is 0. The number of rotatable bonds is 1. The fourth-order valence-electron chi connectivity index (χ4n) is 2.89. The van der Waals surface area contributed by atoms with E-state index in [9.17, 15) is 0 Å². The first-order chi connectivity index (χ1) is 10.7. The van der Waals surface area contributed by atoms with Crippen LogP contribution in [0.3, 0.4) is 0 Å². The van der Waals surface area contributed by atoms with Crippen LogP contribution in [0.15, 0.2) is 30.6 Å². The molecule has 1 aromatic carbocycles. The number of ether oxygens (including phenoxy) is 1. The van der Waals surface area contributed by atoms with E-state index in [0.29, 0.717) is 12.4 Å². The molecule has 3 aromatic rings. The van der Waals surface area contributed by atoms with Gasteiger partial charge in [0.1, 0.15) is 24.5 Å². The van der Waals surface area contributed by atoms with Crippen LogP contribution in [0.4, 0.5) is 5.82 Å². The van der Waals surface area contributed by atoms with Crippen molar-refractivity contribution in [2.24, 2.45) is 0 Å². The minimum atomic E-state index is 0.636. The van der Waals surface area contributed by atoms with Crippen LogP contribution >= 0.6 is 0 Å². The van der Waals surface area contributed by atoms with Crippen LogP contribution in [-0.2, 0) is 6.54 Å². The molecule has 0 amide bonds. The molecular weight excluding hydrogens is 278 g/mol. The standard InChI is InChI=1S/C16H17N5O/c1-11-12(2)19-16-17-10-18-21(16)15(11)20-7-8-22-14-6-4-3-5-13(14)9-20/h3-6,10H,7-9H2,1-2H3. The summed E-state index contributed by atoms with van der Waals surface area (Å²) >= 11 is 0. The predicted octanol–water partition coefficient (Wildman–Crippen LogP) is 2.14. The van der Waals surface area contributed by atoms with E-state index < -0.39 is 0 Å². The Morgan fingerprint density at radius 3 is 2.95 bits per heavy atom. The molecule has 22 heavy (non-hydrogen) atoms. The molecule has 0 saturated carbocycles. The average molecular weight is 295 g/mol. The molecule has 0 radical (unpaired) electrons. The molecule has 0 spiro atoms. The maximum atomic E-state index is 5.86. The molecule has 6 heteroatoms. The third-order valence-corrected chi connectivity index (χ3v) is 4.13. The Bertz CT molecular complexity index is 842. The van der Waals surface area contributed by atoms with E-state index in [4.69, 9.17) is 4.74 Å². The first kappa shape index (κ1) is 13.1. The molecule has 0 unspecified atom stereocenters. The van der Waals surface area contributed by atoms with Crippen LogP contribution in [-0.4, -0.2) is 32.7 Å². The van der Waals surface area contributed by atoms with Gasteiger partial charge in [-0.2, -0.15) is 14.6 Å². The van der Waals surface area contributed by atoms with Crippen LogP contribution in [0.5, 0.6) is 5.75 Å². The van der Waals surface area contributed by atoms with Gasteiger partial charge in [0, 0.05) is 23.4 Å². The Balaban J connectivity index is 1.85. The van der Waals surface area contributed by atoms with Crippen molar-refractivity contribution in [1.29, 1.82) is 0 Å². The lowest BCUT2D eigenvalue weighted by atomic mass is 10.1. The summed E-state index contributed by atoms with van der Waals surface area (Å²) in [7, 11) is 0. The SMILES string of the molecule is Cc1nc2ncnn2c(N2CCOc3ccccc3C2)c1C. The van der Waals surface area contributed by atoms with Crippen molar-refractivity contribution >= 4 is 11.6 Å². The third-order valence-electron chi connectivity index (χ3n) is 4.13. The number of benzene rings is 1. The van der Waals surface area contributed by atoms with Crippen molar-refractivity contribution in [3.05, 3.63) is 47.4 Å². The van der Waals surface area contributed by atoms with E-state index in [1.807, 2.05) is 29.6 Å². The average Bonchev–Trinajstić information content (AvgIpc) is 2.86. The number of fused-ring (bicyclic) bond motifs is 2. The molecule has 2 aromatic heterocycles. The highest BCUT2D eigenvalue weighted by Gasteiger charge is 2.21. The zero-order chi connectivity index (χ0) is 15.1. The topological polar surface area (TPSA) is 55.5 Å². The van der Waals surface area contributed by atoms with Crippen LogP contribution in [0.1, 0.15) is 16.8 Å². The van der Waals surface area contributed by atoms with Crippen LogP contribution in [0.25, 0.3) is 5.78 Å². The van der Waals surface area contributed by atoms with E-state index in [2.05, 4.69) is 33.0 Å². The van der Waals surface area contributed by atoms with Gasteiger partial charge in [-0.15, -0.1) is 0 Å². The number of hydrogen-bond acceptors (Lipinski definition) is 5. The molecule has 1 aliphatic rings. The number of nitrogens with zero attached hydrogens (tertiary/aromatic N) is 5. The molecule has 0 fully saturated rings. The summed E-state index contributed by atoms with van der Waals surface area (Å²) in [6.45, 7) is 6.32. The summed E-state index contributed by atoms with van der Waals surface area (Å²) in [5.41, 5.74) is 3.29. The minimum Gasteiger partial charge on any atom is -0.491 e. The van der Waals surface area contributed by atoms with Gasteiger partial charge in [0.2, 0.25) is 0 Å². The predicted molar refractivity (Wildman–Crippen MR) is 83.2 cm³/mol. The maximum absolute atomic E-state index is 5.86.